The van der Waals surface area contributed by atoms with Crippen LogP contribution in [0.25, 0.3) is 10.2 Å². The fraction of sp³-hybridized carbons (Fsp3) is 0.250. The Balaban J connectivity index is 2.16. The molecule has 0 saturated heterocycles. The van der Waals surface area contributed by atoms with Gasteiger partial charge in [0.15, 0.2) is 4.80 Å². The van der Waals surface area contributed by atoms with Crippen molar-refractivity contribution in [2.45, 2.75) is 6.54 Å². The standard InChI is InChI=1S/C16H14ClN3O6S/c1-24-8-7-19-13-10(25-2)4-3-9(17)14(13)27-16(19)18-15(21)11-5-6-12(26-11)20(22)23/h3-6H,7-8H2,1-2H3. The molecule has 3 rings (SSSR count). The summed E-state index contributed by atoms with van der Waals surface area (Å²) in [6.07, 6.45) is 0. The first-order valence-corrected chi connectivity index (χ1v) is 8.83. The van der Waals surface area contributed by atoms with Crippen LogP contribution in [0.1, 0.15) is 10.6 Å². The fourth-order valence-electron chi connectivity index (χ4n) is 2.44. The molecule has 2 aromatic heterocycles. The van der Waals surface area contributed by atoms with Gasteiger partial charge in [0.1, 0.15) is 16.2 Å². The summed E-state index contributed by atoms with van der Waals surface area (Å²) in [6, 6.07) is 5.74. The van der Waals surface area contributed by atoms with E-state index >= 15 is 0 Å². The third-order valence-corrected chi connectivity index (χ3v) is 5.20. The van der Waals surface area contributed by atoms with Crippen LogP contribution < -0.4 is 9.54 Å². The second kappa shape index (κ2) is 7.91. The molecule has 0 aliphatic rings. The summed E-state index contributed by atoms with van der Waals surface area (Å²) < 4.78 is 17.9. The number of thiazole rings is 1. The van der Waals surface area contributed by atoms with Crippen molar-refractivity contribution < 1.29 is 23.6 Å². The molecular formula is C16H14ClN3O6S. The molecule has 0 spiro atoms. The van der Waals surface area contributed by atoms with Gasteiger partial charge in [-0.25, -0.2) is 0 Å². The van der Waals surface area contributed by atoms with Crippen molar-refractivity contribution in [1.82, 2.24) is 4.57 Å². The normalized spacial score (nSPS) is 11.9. The molecule has 0 radical (unpaired) electrons. The predicted molar refractivity (Wildman–Crippen MR) is 98.5 cm³/mol. The lowest BCUT2D eigenvalue weighted by Gasteiger charge is -2.08. The van der Waals surface area contributed by atoms with E-state index in [-0.39, 0.29) is 5.76 Å². The highest BCUT2D eigenvalue weighted by molar-refractivity contribution is 7.17. The molecule has 0 unspecified atom stereocenters. The van der Waals surface area contributed by atoms with Crippen molar-refractivity contribution in [1.29, 1.82) is 0 Å². The quantitative estimate of drug-likeness (QED) is 0.455. The van der Waals surface area contributed by atoms with Gasteiger partial charge in [-0.2, -0.15) is 4.99 Å². The minimum absolute atomic E-state index is 0.226. The number of methoxy groups -OCH3 is 2. The lowest BCUT2D eigenvalue weighted by atomic mass is 10.3. The summed E-state index contributed by atoms with van der Waals surface area (Å²) in [6.45, 7) is 0.771. The number of ether oxygens (including phenoxy) is 2. The molecule has 0 fully saturated rings. The molecule has 142 valence electrons. The molecule has 0 atom stereocenters. The van der Waals surface area contributed by atoms with Gasteiger partial charge in [0, 0.05) is 13.7 Å². The summed E-state index contributed by atoms with van der Waals surface area (Å²) in [5.74, 6) is -0.919. The molecular weight excluding hydrogens is 398 g/mol. The van der Waals surface area contributed by atoms with Gasteiger partial charge in [-0.05, 0) is 18.2 Å². The van der Waals surface area contributed by atoms with Crippen LogP contribution in [0.2, 0.25) is 5.02 Å². The average Bonchev–Trinajstić information content (AvgIpc) is 3.26. The van der Waals surface area contributed by atoms with Crippen molar-refractivity contribution in [2.75, 3.05) is 20.8 Å². The van der Waals surface area contributed by atoms with Gasteiger partial charge in [0.25, 0.3) is 0 Å². The molecule has 1 aromatic carbocycles. The van der Waals surface area contributed by atoms with E-state index in [1.807, 2.05) is 0 Å². The number of rotatable bonds is 6. The number of halogens is 1. The number of furan rings is 1. The van der Waals surface area contributed by atoms with E-state index in [0.29, 0.717) is 38.9 Å². The lowest BCUT2D eigenvalue weighted by Crippen LogP contribution is -2.19. The van der Waals surface area contributed by atoms with Crippen LogP contribution in [0.15, 0.2) is 33.7 Å². The summed E-state index contributed by atoms with van der Waals surface area (Å²) in [5.41, 5.74) is 0.684. The number of hydrogen-bond acceptors (Lipinski definition) is 7. The number of nitrogens with zero attached hydrogens (tertiary/aromatic N) is 3. The van der Waals surface area contributed by atoms with Gasteiger partial charge in [0.05, 0.1) is 29.5 Å². The van der Waals surface area contributed by atoms with Crippen LogP contribution in [0, 0.1) is 10.1 Å². The van der Waals surface area contributed by atoms with Gasteiger partial charge in [-0.3, -0.25) is 14.9 Å². The van der Waals surface area contributed by atoms with E-state index in [4.69, 9.17) is 25.5 Å². The maximum absolute atomic E-state index is 12.4. The van der Waals surface area contributed by atoms with E-state index in [2.05, 4.69) is 4.99 Å². The summed E-state index contributed by atoms with van der Waals surface area (Å²) in [7, 11) is 3.09. The van der Waals surface area contributed by atoms with Crippen LogP contribution >= 0.6 is 22.9 Å². The number of hydrogen-bond donors (Lipinski definition) is 0. The monoisotopic (exact) mass is 411 g/mol. The highest BCUT2D eigenvalue weighted by Crippen LogP contribution is 2.33. The van der Waals surface area contributed by atoms with Crippen molar-refractivity contribution in [3.05, 3.63) is 50.0 Å². The first-order valence-electron chi connectivity index (χ1n) is 7.64. The van der Waals surface area contributed by atoms with Crippen molar-refractivity contribution in [3.8, 4) is 5.75 Å². The van der Waals surface area contributed by atoms with Crippen LogP contribution in [0.4, 0.5) is 5.88 Å². The Hall–Kier alpha value is -2.69. The van der Waals surface area contributed by atoms with Crippen molar-refractivity contribution >= 4 is 44.9 Å². The average molecular weight is 412 g/mol. The molecule has 3 aromatic rings. The fourth-order valence-corrected chi connectivity index (χ4v) is 3.79. The van der Waals surface area contributed by atoms with Gasteiger partial charge >= 0.3 is 11.8 Å². The Bertz CT molecular complexity index is 1080. The first-order chi connectivity index (χ1) is 13.0. The van der Waals surface area contributed by atoms with E-state index in [1.165, 1.54) is 24.5 Å². The Kier molecular flexibility index (Phi) is 5.59. The number of fused-ring (bicyclic) bond motifs is 1. The van der Waals surface area contributed by atoms with E-state index in [0.717, 1.165) is 6.07 Å². The van der Waals surface area contributed by atoms with E-state index in [9.17, 15) is 14.9 Å². The highest BCUT2D eigenvalue weighted by Gasteiger charge is 2.19. The van der Waals surface area contributed by atoms with Crippen LogP contribution in [0.3, 0.4) is 0 Å². The Morgan fingerprint density at radius 1 is 1.37 bits per heavy atom. The number of amides is 1. The predicted octanol–water partition coefficient (Wildman–Crippen LogP) is 3.25. The molecule has 11 heteroatoms. The molecule has 9 nitrogen and oxygen atoms in total. The van der Waals surface area contributed by atoms with E-state index < -0.39 is 16.7 Å². The molecule has 0 bridgehead atoms. The minimum Gasteiger partial charge on any atom is -0.495 e. The largest absolute Gasteiger partial charge is 0.495 e. The van der Waals surface area contributed by atoms with Crippen LogP contribution in [0.5, 0.6) is 5.75 Å². The van der Waals surface area contributed by atoms with Crippen molar-refractivity contribution in [3.63, 3.8) is 0 Å². The number of carbonyl (C=O) groups is 1. The topological polar surface area (TPSA) is 109 Å². The molecule has 0 aliphatic heterocycles. The van der Waals surface area contributed by atoms with Gasteiger partial charge in [-0.1, -0.05) is 22.9 Å². The Morgan fingerprint density at radius 2 is 2.15 bits per heavy atom. The first kappa shape index (κ1) is 19.1. The summed E-state index contributed by atoms with van der Waals surface area (Å²) in [5, 5.41) is 11.2. The summed E-state index contributed by atoms with van der Waals surface area (Å²) in [4.78, 5) is 26.8. The second-order valence-corrected chi connectivity index (χ2v) is 6.65. The zero-order chi connectivity index (χ0) is 19.6. The minimum atomic E-state index is -0.740. The number of nitro groups is 1. The number of aromatic nitrogens is 1. The van der Waals surface area contributed by atoms with Gasteiger partial charge < -0.3 is 18.5 Å². The van der Waals surface area contributed by atoms with Gasteiger partial charge in [-0.15, -0.1) is 0 Å². The Labute approximate surface area is 161 Å². The molecule has 2 heterocycles. The Morgan fingerprint density at radius 3 is 2.78 bits per heavy atom. The van der Waals surface area contributed by atoms with Gasteiger partial charge in [0.2, 0.25) is 5.76 Å². The third kappa shape index (κ3) is 3.72. The highest BCUT2D eigenvalue weighted by atomic mass is 35.5. The maximum Gasteiger partial charge on any atom is 0.433 e. The number of carbonyl (C=O) groups excluding carboxylic acids is 1. The zero-order valence-corrected chi connectivity index (χ0v) is 15.9. The molecule has 0 N–H and O–H groups in total. The SMILES string of the molecule is COCCn1c(=NC(=O)c2ccc([N+](=O)[O-])o2)sc2c(Cl)ccc(OC)c21. The second-order valence-electron chi connectivity index (χ2n) is 5.27. The third-order valence-electron chi connectivity index (χ3n) is 3.66. The molecule has 0 aliphatic carbocycles. The van der Waals surface area contributed by atoms with Crippen LogP contribution in [-0.2, 0) is 11.3 Å². The zero-order valence-electron chi connectivity index (χ0n) is 14.3. The van der Waals surface area contributed by atoms with Crippen LogP contribution in [-0.4, -0.2) is 36.2 Å². The molecule has 1 amide bonds. The number of benzene rings is 1. The van der Waals surface area contributed by atoms with E-state index in [1.54, 1.807) is 23.8 Å². The summed E-state index contributed by atoms with van der Waals surface area (Å²) >= 11 is 7.49. The van der Waals surface area contributed by atoms with Crippen molar-refractivity contribution in [2.24, 2.45) is 4.99 Å². The molecule has 0 saturated carbocycles. The maximum atomic E-state index is 12.4. The smallest absolute Gasteiger partial charge is 0.433 e. The molecule has 27 heavy (non-hydrogen) atoms. The lowest BCUT2D eigenvalue weighted by molar-refractivity contribution is -0.402.